The smallest absolute Gasteiger partial charge is 0.410 e. The van der Waals surface area contributed by atoms with E-state index >= 15 is 0 Å². The first-order chi connectivity index (χ1) is 11.5. The van der Waals surface area contributed by atoms with Crippen molar-refractivity contribution in [1.29, 1.82) is 0 Å². The SMILES string of the molecule is CC(C)C[C@@H]1COC(=O)N1C1CCN(C(=O)Cn2cnnn2)CC1. The second-order valence-corrected chi connectivity index (χ2v) is 6.89. The lowest BCUT2D eigenvalue weighted by atomic mass is 9.98. The van der Waals surface area contributed by atoms with Crippen LogP contribution in [-0.2, 0) is 16.1 Å². The number of hydrogen-bond acceptors (Lipinski definition) is 6. The highest BCUT2D eigenvalue weighted by molar-refractivity contribution is 5.76. The fraction of sp³-hybridized carbons (Fsp3) is 0.800. The van der Waals surface area contributed by atoms with Crippen LogP contribution in [0.25, 0.3) is 0 Å². The van der Waals surface area contributed by atoms with Crippen LogP contribution in [0, 0.1) is 5.92 Å². The Morgan fingerprint density at radius 1 is 1.38 bits per heavy atom. The van der Waals surface area contributed by atoms with Crippen LogP contribution in [0.15, 0.2) is 6.33 Å². The van der Waals surface area contributed by atoms with E-state index < -0.39 is 0 Å². The second-order valence-electron chi connectivity index (χ2n) is 6.89. The predicted molar refractivity (Wildman–Crippen MR) is 83.8 cm³/mol. The Bertz CT molecular complexity index is 568. The zero-order chi connectivity index (χ0) is 17.1. The molecule has 24 heavy (non-hydrogen) atoms. The Morgan fingerprint density at radius 3 is 2.75 bits per heavy atom. The van der Waals surface area contributed by atoms with Gasteiger partial charge in [0, 0.05) is 19.1 Å². The van der Waals surface area contributed by atoms with Gasteiger partial charge in [-0.2, -0.15) is 0 Å². The van der Waals surface area contributed by atoms with E-state index in [4.69, 9.17) is 4.74 Å². The maximum absolute atomic E-state index is 12.3. The van der Waals surface area contributed by atoms with E-state index in [9.17, 15) is 9.59 Å². The molecule has 3 rings (SSSR count). The molecule has 1 aromatic rings. The summed E-state index contributed by atoms with van der Waals surface area (Å²) < 4.78 is 6.68. The fourth-order valence-corrected chi connectivity index (χ4v) is 3.53. The molecule has 0 spiro atoms. The van der Waals surface area contributed by atoms with E-state index in [0.29, 0.717) is 25.6 Å². The highest BCUT2D eigenvalue weighted by Crippen LogP contribution is 2.27. The van der Waals surface area contributed by atoms with Crippen molar-refractivity contribution < 1.29 is 14.3 Å². The van der Waals surface area contributed by atoms with E-state index in [2.05, 4.69) is 29.4 Å². The van der Waals surface area contributed by atoms with Crippen LogP contribution >= 0.6 is 0 Å². The molecule has 0 bridgehead atoms. The van der Waals surface area contributed by atoms with Crippen molar-refractivity contribution in [2.75, 3.05) is 19.7 Å². The number of piperidine rings is 1. The molecular weight excluding hydrogens is 312 g/mol. The van der Waals surface area contributed by atoms with Gasteiger partial charge < -0.3 is 9.64 Å². The van der Waals surface area contributed by atoms with Gasteiger partial charge in [0.1, 0.15) is 19.5 Å². The number of likely N-dealkylation sites (tertiary alicyclic amines) is 1. The van der Waals surface area contributed by atoms with Crippen molar-refractivity contribution in [2.24, 2.45) is 5.92 Å². The summed E-state index contributed by atoms with van der Waals surface area (Å²) in [6.07, 6.45) is 3.74. The van der Waals surface area contributed by atoms with Crippen LogP contribution in [0.2, 0.25) is 0 Å². The van der Waals surface area contributed by atoms with E-state index in [1.54, 1.807) is 0 Å². The number of ether oxygens (including phenoxy) is 1. The van der Waals surface area contributed by atoms with Gasteiger partial charge in [-0.05, 0) is 35.6 Å². The van der Waals surface area contributed by atoms with Crippen LogP contribution in [0.3, 0.4) is 0 Å². The van der Waals surface area contributed by atoms with Gasteiger partial charge in [-0.25, -0.2) is 9.48 Å². The first kappa shape index (κ1) is 16.7. The highest BCUT2D eigenvalue weighted by Gasteiger charge is 2.39. The third-order valence-electron chi connectivity index (χ3n) is 4.65. The number of carbonyl (C=O) groups excluding carboxylic acids is 2. The highest BCUT2D eigenvalue weighted by atomic mass is 16.6. The molecule has 2 amide bonds. The van der Waals surface area contributed by atoms with Gasteiger partial charge in [0.15, 0.2) is 0 Å². The topological polar surface area (TPSA) is 93.5 Å². The van der Waals surface area contributed by atoms with E-state index in [-0.39, 0.29) is 30.6 Å². The Labute approximate surface area is 140 Å². The summed E-state index contributed by atoms with van der Waals surface area (Å²) in [6, 6.07) is 0.312. The van der Waals surface area contributed by atoms with E-state index in [1.165, 1.54) is 11.0 Å². The molecule has 1 atom stereocenters. The van der Waals surface area contributed by atoms with Gasteiger partial charge in [-0.1, -0.05) is 13.8 Å². The monoisotopic (exact) mass is 336 g/mol. The molecule has 0 saturated carbocycles. The van der Waals surface area contributed by atoms with Crippen molar-refractivity contribution in [3.8, 4) is 0 Å². The van der Waals surface area contributed by atoms with Crippen LogP contribution in [0.5, 0.6) is 0 Å². The number of rotatable bonds is 5. The van der Waals surface area contributed by atoms with Gasteiger partial charge in [-0.3, -0.25) is 9.69 Å². The van der Waals surface area contributed by atoms with Crippen LogP contribution < -0.4 is 0 Å². The van der Waals surface area contributed by atoms with Gasteiger partial charge in [0.2, 0.25) is 5.91 Å². The zero-order valence-electron chi connectivity index (χ0n) is 14.2. The average Bonchev–Trinajstić information content (AvgIpc) is 3.17. The van der Waals surface area contributed by atoms with Crippen LogP contribution in [-0.4, -0.2) is 73.8 Å². The van der Waals surface area contributed by atoms with Crippen molar-refractivity contribution in [3.05, 3.63) is 6.33 Å². The summed E-state index contributed by atoms with van der Waals surface area (Å²) in [6.45, 7) is 6.23. The fourth-order valence-electron chi connectivity index (χ4n) is 3.53. The molecule has 0 unspecified atom stereocenters. The molecule has 2 aliphatic heterocycles. The summed E-state index contributed by atoms with van der Waals surface area (Å²) in [5.41, 5.74) is 0. The van der Waals surface area contributed by atoms with Gasteiger partial charge in [-0.15, -0.1) is 5.10 Å². The minimum atomic E-state index is -0.209. The number of amides is 2. The lowest BCUT2D eigenvalue weighted by Gasteiger charge is -2.38. The predicted octanol–water partition coefficient (Wildman–Crippen LogP) is 0.531. The van der Waals surface area contributed by atoms with Crippen molar-refractivity contribution in [3.63, 3.8) is 0 Å². The standard InChI is InChI=1S/C15H24N6O3/c1-11(2)7-13-9-24-15(23)21(13)12-3-5-19(6-4-12)14(22)8-20-10-16-17-18-20/h10-13H,3-9H2,1-2H3/t13-/m1/s1. The summed E-state index contributed by atoms with van der Waals surface area (Å²) in [4.78, 5) is 28.1. The number of hydrogen-bond donors (Lipinski definition) is 0. The Morgan fingerprint density at radius 2 is 2.12 bits per heavy atom. The summed E-state index contributed by atoms with van der Waals surface area (Å²) in [7, 11) is 0. The average molecular weight is 336 g/mol. The molecule has 0 N–H and O–H groups in total. The lowest BCUT2D eigenvalue weighted by Crippen LogP contribution is -2.50. The quantitative estimate of drug-likeness (QED) is 0.779. The minimum Gasteiger partial charge on any atom is -0.447 e. The first-order valence-electron chi connectivity index (χ1n) is 8.48. The zero-order valence-corrected chi connectivity index (χ0v) is 14.2. The van der Waals surface area contributed by atoms with Crippen molar-refractivity contribution >= 4 is 12.0 Å². The first-order valence-corrected chi connectivity index (χ1v) is 8.48. The third kappa shape index (κ3) is 3.65. The van der Waals surface area contributed by atoms with Crippen molar-refractivity contribution in [2.45, 2.75) is 51.7 Å². The number of carbonyl (C=O) groups is 2. The van der Waals surface area contributed by atoms with Crippen molar-refractivity contribution in [1.82, 2.24) is 30.0 Å². The van der Waals surface area contributed by atoms with Gasteiger partial charge in [0.25, 0.3) is 0 Å². The van der Waals surface area contributed by atoms with Gasteiger partial charge in [0.05, 0.1) is 6.04 Å². The summed E-state index contributed by atoms with van der Waals surface area (Å²) >= 11 is 0. The maximum atomic E-state index is 12.3. The number of aromatic nitrogens is 4. The summed E-state index contributed by atoms with van der Waals surface area (Å²) in [5, 5.41) is 10.8. The number of tetrazole rings is 1. The van der Waals surface area contributed by atoms with Gasteiger partial charge >= 0.3 is 6.09 Å². The number of cyclic esters (lactones) is 1. The molecule has 132 valence electrons. The molecule has 2 aliphatic rings. The Hall–Kier alpha value is -2.19. The lowest BCUT2D eigenvalue weighted by molar-refractivity contribution is -0.133. The van der Waals surface area contributed by atoms with E-state index in [0.717, 1.165) is 19.3 Å². The molecule has 2 fully saturated rings. The molecular formula is C15H24N6O3. The molecule has 1 aromatic heterocycles. The molecule has 9 heteroatoms. The normalized spacial score (nSPS) is 22.3. The number of nitrogens with zero attached hydrogens (tertiary/aromatic N) is 6. The van der Waals surface area contributed by atoms with E-state index in [1.807, 2.05) is 9.80 Å². The molecule has 0 aliphatic carbocycles. The molecule has 9 nitrogen and oxygen atoms in total. The van der Waals surface area contributed by atoms with Crippen LogP contribution in [0.1, 0.15) is 33.1 Å². The maximum Gasteiger partial charge on any atom is 0.410 e. The molecule has 0 aromatic carbocycles. The molecule has 0 radical (unpaired) electrons. The Balaban J connectivity index is 1.54. The Kier molecular flexibility index (Phi) is 4.96. The molecule has 2 saturated heterocycles. The third-order valence-corrected chi connectivity index (χ3v) is 4.65. The largest absolute Gasteiger partial charge is 0.447 e. The summed E-state index contributed by atoms with van der Waals surface area (Å²) in [5.74, 6) is 0.522. The second kappa shape index (κ2) is 7.14. The molecule has 3 heterocycles. The van der Waals surface area contributed by atoms with Crippen LogP contribution in [0.4, 0.5) is 4.79 Å². The minimum absolute atomic E-state index is 0.00322.